The van der Waals surface area contributed by atoms with E-state index in [1.807, 2.05) is 11.4 Å². The molecular formula is C19H22F2N2OS. The first-order valence-corrected chi connectivity index (χ1v) is 9.46. The lowest BCUT2D eigenvalue weighted by atomic mass is 10.0. The average Bonchev–Trinajstić information content (AvgIpc) is 3.12. The summed E-state index contributed by atoms with van der Waals surface area (Å²) in [7, 11) is 0. The standard InChI is InChI=1S/C19H22F2N2OS/c20-17-5-3-14(12-18(17)21)13-23-9-7-15(8-10-23)22-19(24)6-4-16-2-1-11-25-16/h1-3,5,11-12,15H,4,6-10,13H2,(H,22,24). The quantitative estimate of drug-likeness (QED) is 0.847. The molecule has 0 atom stereocenters. The fraction of sp³-hybridized carbons (Fsp3) is 0.421. The minimum atomic E-state index is -0.812. The molecule has 2 heterocycles. The maximum atomic E-state index is 13.3. The molecular weight excluding hydrogens is 342 g/mol. The fourth-order valence-corrected chi connectivity index (χ4v) is 3.83. The van der Waals surface area contributed by atoms with Crippen LogP contribution in [0.5, 0.6) is 0 Å². The van der Waals surface area contributed by atoms with Crippen molar-refractivity contribution in [2.45, 2.75) is 38.3 Å². The smallest absolute Gasteiger partial charge is 0.220 e. The van der Waals surface area contributed by atoms with Gasteiger partial charge in [-0.2, -0.15) is 0 Å². The van der Waals surface area contributed by atoms with Crippen molar-refractivity contribution in [3.8, 4) is 0 Å². The lowest BCUT2D eigenvalue weighted by molar-refractivity contribution is -0.122. The van der Waals surface area contributed by atoms with E-state index in [1.54, 1.807) is 17.4 Å². The van der Waals surface area contributed by atoms with Crippen LogP contribution in [-0.4, -0.2) is 29.9 Å². The van der Waals surface area contributed by atoms with Crippen LogP contribution in [0.3, 0.4) is 0 Å². The molecule has 6 heteroatoms. The van der Waals surface area contributed by atoms with Crippen molar-refractivity contribution in [2.24, 2.45) is 0 Å². The number of hydrogen-bond acceptors (Lipinski definition) is 3. The molecule has 0 unspecified atom stereocenters. The van der Waals surface area contributed by atoms with E-state index >= 15 is 0 Å². The molecule has 0 spiro atoms. The Morgan fingerprint density at radius 1 is 1.20 bits per heavy atom. The number of benzene rings is 1. The Kier molecular flexibility index (Phi) is 6.15. The number of carbonyl (C=O) groups is 1. The maximum absolute atomic E-state index is 13.3. The van der Waals surface area contributed by atoms with E-state index in [0.29, 0.717) is 13.0 Å². The van der Waals surface area contributed by atoms with Crippen LogP contribution in [0.2, 0.25) is 0 Å². The number of likely N-dealkylation sites (tertiary alicyclic amines) is 1. The highest BCUT2D eigenvalue weighted by Gasteiger charge is 2.21. The van der Waals surface area contributed by atoms with Gasteiger partial charge in [-0.25, -0.2) is 8.78 Å². The van der Waals surface area contributed by atoms with E-state index in [1.165, 1.54) is 17.0 Å². The Hall–Kier alpha value is -1.79. The van der Waals surface area contributed by atoms with Gasteiger partial charge in [-0.3, -0.25) is 9.69 Å². The second-order valence-corrected chi connectivity index (χ2v) is 7.48. The molecule has 1 aromatic carbocycles. The van der Waals surface area contributed by atoms with Crippen molar-refractivity contribution in [3.05, 3.63) is 57.8 Å². The third-order valence-corrected chi connectivity index (χ3v) is 5.46. The van der Waals surface area contributed by atoms with E-state index in [-0.39, 0.29) is 11.9 Å². The van der Waals surface area contributed by atoms with Crippen LogP contribution in [0.25, 0.3) is 0 Å². The number of amides is 1. The first-order chi connectivity index (χ1) is 12.1. The molecule has 1 saturated heterocycles. The molecule has 1 aliphatic rings. The minimum Gasteiger partial charge on any atom is -0.353 e. The monoisotopic (exact) mass is 364 g/mol. The maximum Gasteiger partial charge on any atom is 0.220 e. The summed E-state index contributed by atoms with van der Waals surface area (Å²) in [5.41, 5.74) is 0.775. The topological polar surface area (TPSA) is 32.3 Å². The van der Waals surface area contributed by atoms with Crippen LogP contribution in [0.4, 0.5) is 8.78 Å². The second-order valence-electron chi connectivity index (χ2n) is 6.45. The number of hydrogen-bond donors (Lipinski definition) is 1. The van der Waals surface area contributed by atoms with Crippen LogP contribution in [-0.2, 0) is 17.8 Å². The number of piperidine rings is 1. The molecule has 3 rings (SSSR count). The molecule has 1 aliphatic heterocycles. The Bertz CT molecular complexity index is 697. The lowest BCUT2D eigenvalue weighted by Crippen LogP contribution is -2.44. The van der Waals surface area contributed by atoms with Gasteiger partial charge in [0, 0.05) is 37.0 Å². The summed E-state index contributed by atoms with van der Waals surface area (Å²) in [6.45, 7) is 2.29. The highest BCUT2D eigenvalue weighted by atomic mass is 32.1. The molecule has 0 bridgehead atoms. The number of aryl methyl sites for hydroxylation is 1. The molecule has 0 aliphatic carbocycles. The molecule has 1 fully saturated rings. The Labute approximate surface area is 150 Å². The summed E-state index contributed by atoms with van der Waals surface area (Å²) >= 11 is 1.68. The SMILES string of the molecule is O=C(CCc1cccs1)NC1CCN(Cc2ccc(F)c(F)c2)CC1. The average molecular weight is 364 g/mol. The molecule has 2 aromatic rings. The van der Waals surface area contributed by atoms with Crippen LogP contribution in [0.1, 0.15) is 29.7 Å². The van der Waals surface area contributed by atoms with Gasteiger partial charge in [0.2, 0.25) is 5.91 Å². The first-order valence-electron chi connectivity index (χ1n) is 8.58. The van der Waals surface area contributed by atoms with Crippen molar-refractivity contribution in [3.63, 3.8) is 0 Å². The van der Waals surface area contributed by atoms with Gasteiger partial charge < -0.3 is 5.32 Å². The van der Waals surface area contributed by atoms with Crippen molar-refractivity contribution in [2.75, 3.05) is 13.1 Å². The number of carbonyl (C=O) groups excluding carboxylic acids is 1. The van der Waals surface area contributed by atoms with Gasteiger partial charge in [-0.05, 0) is 48.4 Å². The zero-order chi connectivity index (χ0) is 17.6. The normalized spacial score (nSPS) is 16.1. The van der Waals surface area contributed by atoms with Crippen molar-refractivity contribution in [1.29, 1.82) is 0 Å². The van der Waals surface area contributed by atoms with Gasteiger partial charge in [-0.1, -0.05) is 12.1 Å². The predicted octanol–water partition coefficient (Wildman–Crippen LogP) is 3.74. The zero-order valence-corrected chi connectivity index (χ0v) is 14.8. The van der Waals surface area contributed by atoms with Crippen molar-refractivity contribution < 1.29 is 13.6 Å². The summed E-state index contributed by atoms with van der Waals surface area (Å²) in [6.07, 6.45) is 3.08. The Morgan fingerprint density at radius 3 is 2.68 bits per heavy atom. The number of nitrogens with one attached hydrogen (secondary N) is 1. The number of halogens is 2. The number of nitrogens with zero attached hydrogens (tertiary/aromatic N) is 1. The third kappa shape index (κ3) is 5.34. The number of rotatable bonds is 6. The highest BCUT2D eigenvalue weighted by Crippen LogP contribution is 2.16. The summed E-state index contributed by atoms with van der Waals surface area (Å²) in [5, 5.41) is 5.14. The lowest BCUT2D eigenvalue weighted by Gasteiger charge is -2.32. The second kappa shape index (κ2) is 8.54. The van der Waals surface area contributed by atoms with E-state index in [0.717, 1.165) is 37.9 Å². The molecule has 3 nitrogen and oxygen atoms in total. The largest absolute Gasteiger partial charge is 0.353 e. The van der Waals surface area contributed by atoms with Crippen LogP contribution in [0.15, 0.2) is 35.7 Å². The van der Waals surface area contributed by atoms with Gasteiger partial charge >= 0.3 is 0 Å². The van der Waals surface area contributed by atoms with Crippen LogP contribution >= 0.6 is 11.3 Å². The highest BCUT2D eigenvalue weighted by molar-refractivity contribution is 7.09. The number of thiophene rings is 1. The first kappa shape index (κ1) is 18.0. The van der Waals surface area contributed by atoms with Gasteiger partial charge in [0.15, 0.2) is 11.6 Å². The molecule has 0 radical (unpaired) electrons. The van der Waals surface area contributed by atoms with E-state index in [4.69, 9.17) is 0 Å². The van der Waals surface area contributed by atoms with E-state index in [9.17, 15) is 13.6 Å². The zero-order valence-electron chi connectivity index (χ0n) is 14.0. The van der Waals surface area contributed by atoms with Gasteiger partial charge in [-0.15, -0.1) is 11.3 Å². The van der Waals surface area contributed by atoms with Crippen LogP contribution in [0, 0.1) is 11.6 Å². The minimum absolute atomic E-state index is 0.104. The van der Waals surface area contributed by atoms with Crippen LogP contribution < -0.4 is 5.32 Å². The van der Waals surface area contributed by atoms with E-state index in [2.05, 4.69) is 16.3 Å². The molecule has 134 valence electrons. The summed E-state index contributed by atoms with van der Waals surface area (Å²) in [5.74, 6) is -1.51. The molecule has 1 amide bonds. The summed E-state index contributed by atoms with van der Waals surface area (Å²) < 4.78 is 26.2. The van der Waals surface area contributed by atoms with Gasteiger partial charge in [0.25, 0.3) is 0 Å². The van der Waals surface area contributed by atoms with E-state index < -0.39 is 11.6 Å². The van der Waals surface area contributed by atoms with Gasteiger partial charge in [0.05, 0.1) is 0 Å². The van der Waals surface area contributed by atoms with Crippen molar-refractivity contribution in [1.82, 2.24) is 10.2 Å². The summed E-state index contributed by atoms with van der Waals surface area (Å²) in [4.78, 5) is 15.5. The fourth-order valence-electron chi connectivity index (χ4n) is 3.12. The van der Waals surface area contributed by atoms with Gasteiger partial charge in [0.1, 0.15) is 0 Å². The molecule has 1 N–H and O–H groups in total. The van der Waals surface area contributed by atoms with Crippen molar-refractivity contribution >= 4 is 17.2 Å². The molecule has 25 heavy (non-hydrogen) atoms. The third-order valence-electron chi connectivity index (χ3n) is 4.52. The molecule has 0 saturated carbocycles. The predicted molar refractivity (Wildman–Crippen MR) is 95.4 cm³/mol. The Morgan fingerprint density at radius 2 is 2.00 bits per heavy atom. The molecule has 1 aromatic heterocycles. The summed E-state index contributed by atoms with van der Waals surface area (Å²) in [6, 6.07) is 8.31. The Balaban J connectivity index is 1.39.